The fraction of sp³-hybridized carbons (Fsp3) is 0.438. The van der Waals surface area contributed by atoms with Gasteiger partial charge in [-0.05, 0) is 17.7 Å². The summed E-state index contributed by atoms with van der Waals surface area (Å²) in [6.45, 7) is 2.11. The highest BCUT2D eigenvalue weighted by Crippen LogP contribution is 2.19. The number of aliphatic imine (C=N–C) groups is 1. The zero-order chi connectivity index (χ0) is 16.7. The molecule has 8 heteroatoms. The molecule has 24 heavy (non-hydrogen) atoms. The van der Waals surface area contributed by atoms with Crippen molar-refractivity contribution in [2.75, 3.05) is 31.6 Å². The summed E-state index contributed by atoms with van der Waals surface area (Å²) >= 11 is 0. The van der Waals surface area contributed by atoms with Crippen LogP contribution < -0.4 is 15.5 Å². The van der Waals surface area contributed by atoms with Crippen molar-refractivity contribution in [3.8, 4) is 0 Å². The van der Waals surface area contributed by atoms with E-state index in [1.54, 1.807) is 0 Å². The SMILES string of the molecule is CN=C(NCCC(F)(F)F)NCc1cccc(N2CC=CC2)c1.I. The number of halogens is 4. The number of rotatable bonds is 5. The Morgan fingerprint density at radius 1 is 1.21 bits per heavy atom. The van der Waals surface area contributed by atoms with Crippen LogP contribution in [0.3, 0.4) is 0 Å². The number of anilines is 1. The molecule has 0 bridgehead atoms. The maximum Gasteiger partial charge on any atom is 0.390 e. The second-order valence-corrected chi connectivity index (χ2v) is 5.26. The molecule has 2 rings (SSSR count). The van der Waals surface area contributed by atoms with Crippen LogP contribution in [0.2, 0.25) is 0 Å². The lowest BCUT2D eigenvalue weighted by atomic mass is 10.2. The van der Waals surface area contributed by atoms with Crippen molar-refractivity contribution in [2.24, 2.45) is 4.99 Å². The Bertz CT molecular complexity index is 565. The number of hydrogen-bond acceptors (Lipinski definition) is 2. The van der Waals surface area contributed by atoms with Crippen molar-refractivity contribution in [2.45, 2.75) is 19.1 Å². The van der Waals surface area contributed by atoms with E-state index in [2.05, 4.69) is 38.7 Å². The second-order valence-electron chi connectivity index (χ2n) is 5.26. The molecule has 1 heterocycles. The first-order chi connectivity index (χ1) is 11.0. The summed E-state index contributed by atoms with van der Waals surface area (Å²) < 4.78 is 36.4. The lowest BCUT2D eigenvalue weighted by Crippen LogP contribution is -2.38. The quantitative estimate of drug-likeness (QED) is 0.311. The number of alkyl halides is 3. The first kappa shape index (κ1) is 20.6. The maximum absolute atomic E-state index is 12.1. The second kappa shape index (κ2) is 9.75. The zero-order valence-electron chi connectivity index (χ0n) is 13.4. The molecule has 0 unspecified atom stereocenters. The van der Waals surface area contributed by atoms with E-state index in [1.165, 1.54) is 7.05 Å². The predicted molar refractivity (Wildman–Crippen MR) is 102 cm³/mol. The standard InChI is InChI=1S/C16H21F3N4.HI/c1-20-15(21-8-7-16(17,18)19)22-12-13-5-4-6-14(11-13)23-9-2-3-10-23;/h2-6,11H,7-10,12H2,1H3,(H2,20,21,22);1H. The zero-order valence-corrected chi connectivity index (χ0v) is 15.8. The van der Waals surface area contributed by atoms with Gasteiger partial charge in [0.25, 0.3) is 0 Å². The first-order valence-corrected chi connectivity index (χ1v) is 7.48. The fourth-order valence-electron chi connectivity index (χ4n) is 2.28. The van der Waals surface area contributed by atoms with Gasteiger partial charge in [-0.15, -0.1) is 24.0 Å². The number of benzene rings is 1. The molecule has 0 saturated heterocycles. The Hall–Kier alpha value is -1.45. The minimum Gasteiger partial charge on any atom is -0.364 e. The average molecular weight is 454 g/mol. The molecule has 1 aliphatic rings. The lowest BCUT2D eigenvalue weighted by molar-refractivity contribution is -0.132. The third-order valence-corrected chi connectivity index (χ3v) is 3.48. The van der Waals surface area contributed by atoms with Gasteiger partial charge in [-0.3, -0.25) is 4.99 Å². The van der Waals surface area contributed by atoms with Gasteiger partial charge >= 0.3 is 6.18 Å². The molecule has 0 aromatic heterocycles. The van der Waals surface area contributed by atoms with Crippen molar-refractivity contribution < 1.29 is 13.2 Å². The van der Waals surface area contributed by atoms with Gasteiger partial charge in [-0.2, -0.15) is 13.2 Å². The summed E-state index contributed by atoms with van der Waals surface area (Å²) in [7, 11) is 1.54. The van der Waals surface area contributed by atoms with Crippen LogP contribution in [0.4, 0.5) is 18.9 Å². The van der Waals surface area contributed by atoms with E-state index in [1.807, 2.05) is 18.2 Å². The van der Waals surface area contributed by atoms with Gasteiger partial charge in [0.1, 0.15) is 0 Å². The minimum atomic E-state index is -4.16. The number of guanidine groups is 1. The van der Waals surface area contributed by atoms with Crippen molar-refractivity contribution in [3.63, 3.8) is 0 Å². The maximum atomic E-state index is 12.1. The number of hydrogen-bond donors (Lipinski definition) is 2. The largest absolute Gasteiger partial charge is 0.390 e. The van der Waals surface area contributed by atoms with Gasteiger partial charge < -0.3 is 15.5 Å². The van der Waals surface area contributed by atoms with Crippen LogP contribution in [0.1, 0.15) is 12.0 Å². The summed E-state index contributed by atoms with van der Waals surface area (Å²) in [6, 6.07) is 8.07. The van der Waals surface area contributed by atoms with Gasteiger partial charge in [-0.1, -0.05) is 24.3 Å². The van der Waals surface area contributed by atoms with Crippen LogP contribution in [0.5, 0.6) is 0 Å². The van der Waals surface area contributed by atoms with E-state index >= 15 is 0 Å². The monoisotopic (exact) mass is 454 g/mol. The van der Waals surface area contributed by atoms with Crippen molar-refractivity contribution >= 4 is 35.6 Å². The molecule has 1 aromatic rings. The Kier molecular flexibility index (Phi) is 8.37. The van der Waals surface area contributed by atoms with E-state index in [0.29, 0.717) is 12.5 Å². The normalized spacial score (nSPS) is 14.5. The first-order valence-electron chi connectivity index (χ1n) is 7.48. The molecule has 0 aliphatic carbocycles. The van der Waals surface area contributed by atoms with Crippen molar-refractivity contribution in [3.05, 3.63) is 42.0 Å². The van der Waals surface area contributed by atoms with Gasteiger partial charge in [0.2, 0.25) is 0 Å². The molecule has 0 atom stereocenters. The molecule has 0 spiro atoms. The van der Waals surface area contributed by atoms with E-state index in [-0.39, 0.29) is 30.5 Å². The van der Waals surface area contributed by atoms with Gasteiger partial charge in [0.05, 0.1) is 6.42 Å². The van der Waals surface area contributed by atoms with Crippen molar-refractivity contribution in [1.82, 2.24) is 10.6 Å². The predicted octanol–water partition coefficient (Wildman–Crippen LogP) is 3.30. The number of nitrogens with one attached hydrogen (secondary N) is 2. The summed E-state index contributed by atoms with van der Waals surface area (Å²) in [4.78, 5) is 6.17. The minimum absolute atomic E-state index is 0. The molecule has 4 nitrogen and oxygen atoms in total. The van der Waals surface area contributed by atoms with E-state index in [9.17, 15) is 13.2 Å². The average Bonchev–Trinajstić information content (AvgIpc) is 3.04. The molecule has 0 fully saturated rings. The number of nitrogens with zero attached hydrogens (tertiary/aromatic N) is 2. The van der Waals surface area contributed by atoms with Gasteiger partial charge in [0, 0.05) is 38.9 Å². The highest BCUT2D eigenvalue weighted by molar-refractivity contribution is 14.0. The Balaban J connectivity index is 0.00000288. The Labute approximate surface area is 157 Å². The van der Waals surface area contributed by atoms with Gasteiger partial charge in [-0.25, -0.2) is 0 Å². The summed E-state index contributed by atoms with van der Waals surface area (Å²) in [5.41, 5.74) is 2.18. The molecule has 1 aliphatic heterocycles. The van der Waals surface area contributed by atoms with Crippen LogP contribution in [0.25, 0.3) is 0 Å². The lowest BCUT2D eigenvalue weighted by Gasteiger charge is -2.19. The van der Waals surface area contributed by atoms with Crippen molar-refractivity contribution in [1.29, 1.82) is 0 Å². The molecular formula is C16H22F3IN4. The van der Waals surface area contributed by atoms with E-state index in [4.69, 9.17) is 0 Å². The molecule has 0 radical (unpaired) electrons. The van der Waals surface area contributed by atoms with Crippen LogP contribution in [0.15, 0.2) is 41.4 Å². The highest BCUT2D eigenvalue weighted by Gasteiger charge is 2.26. The fourth-order valence-corrected chi connectivity index (χ4v) is 2.28. The Morgan fingerprint density at radius 3 is 2.54 bits per heavy atom. The smallest absolute Gasteiger partial charge is 0.364 e. The molecule has 0 amide bonds. The molecular weight excluding hydrogens is 432 g/mol. The van der Waals surface area contributed by atoms with Gasteiger partial charge in [0.15, 0.2) is 5.96 Å². The van der Waals surface area contributed by atoms with Crippen LogP contribution >= 0.6 is 24.0 Å². The van der Waals surface area contributed by atoms with E-state index < -0.39 is 12.6 Å². The Morgan fingerprint density at radius 2 is 1.92 bits per heavy atom. The summed E-state index contributed by atoms with van der Waals surface area (Å²) in [6.07, 6.45) is -0.802. The molecule has 1 aromatic carbocycles. The molecule has 2 N–H and O–H groups in total. The third kappa shape index (κ3) is 6.98. The van der Waals surface area contributed by atoms with Crippen LogP contribution in [-0.4, -0.2) is 38.8 Å². The summed E-state index contributed by atoms with van der Waals surface area (Å²) in [5.74, 6) is 0.363. The molecule has 134 valence electrons. The highest BCUT2D eigenvalue weighted by atomic mass is 127. The summed E-state index contributed by atoms with van der Waals surface area (Å²) in [5, 5.41) is 5.69. The van der Waals surface area contributed by atoms with E-state index in [0.717, 1.165) is 24.3 Å². The topological polar surface area (TPSA) is 39.7 Å². The third-order valence-electron chi connectivity index (χ3n) is 3.48. The molecule has 0 saturated carbocycles. The van der Waals surface area contributed by atoms with Crippen LogP contribution in [0, 0.1) is 0 Å². The van der Waals surface area contributed by atoms with Crippen LogP contribution in [-0.2, 0) is 6.54 Å².